The highest BCUT2D eigenvalue weighted by Crippen LogP contribution is 2.28. The number of hydrogen-bond donors (Lipinski definition) is 0. The van der Waals surface area contributed by atoms with Crippen LogP contribution < -0.4 is 0 Å². The first kappa shape index (κ1) is 29.5. The van der Waals surface area contributed by atoms with Crippen LogP contribution in [0.2, 0.25) is 0 Å². The molecule has 0 aromatic heterocycles. The van der Waals surface area contributed by atoms with Gasteiger partial charge >= 0.3 is 5.97 Å². The number of carbonyl (C=O) groups is 1. The molecule has 0 spiro atoms. The highest BCUT2D eigenvalue weighted by molar-refractivity contribution is 5.76. The minimum atomic E-state index is -0.340. The summed E-state index contributed by atoms with van der Waals surface area (Å²) in [7, 11) is 0. The maximum Gasteiger partial charge on any atom is 0.311 e. The lowest BCUT2D eigenvalue weighted by Crippen LogP contribution is -2.31. The first-order valence-electron chi connectivity index (χ1n) is 13.7. The van der Waals surface area contributed by atoms with E-state index in [9.17, 15) is 4.79 Å². The summed E-state index contributed by atoms with van der Waals surface area (Å²) < 4.78 is 6.11. The molecule has 0 radical (unpaired) electrons. The zero-order chi connectivity index (χ0) is 22.5. The van der Waals surface area contributed by atoms with Crippen molar-refractivity contribution in [1.29, 1.82) is 0 Å². The van der Waals surface area contributed by atoms with Crippen LogP contribution >= 0.6 is 0 Å². The van der Waals surface area contributed by atoms with E-state index in [0.29, 0.717) is 0 Å². The van der Waals surface area contributed by atoms with Gasteiger partial charge in [-0.15, -0.1) is 0 Å². The van der Waals surface area contributed by atoms with Gasteiger partial charge in [0, 0.05) is 0 Å². The molecule has 2 nitrogen and oxygen atoms in total. The summed E-state index contributed by atoms with van der Waals surface area (Å²) in [5.74, 6) is 0.0397. The molecule has 0 saturated carbocycles. The van der Waals surface area contributed by atoms with Crippen molar-refractivity contribution in [3.63, 3.8) is 0 Å². The molecule has 0 bridgehead atoms. The van der Waals surface area contributed by atoms with Crippen LogP contribution in [0.1, 0.15) is 163 Å². The van der Waals surface area contributed by atoms with Crippen molar-refractivity contribution in [2.45, 2.75) is 169 Å². The van der Waals surface area contributed by atoms with Crippen molar-refractivity contribution < 1.29 is 9.53 Å². The normalized spacial score (nSPS) is 12.8. The zero-order valence-corrected chi connectivity index (χ0v) is 21.5. The van der Waals surface area contributed by atoms with Crippen LogP contribution in [0.4, 0.5) is 0 Å². The Hall–Kier alpha value is -0.530. The molecule has 0 aromatic rings. The number of unbranched alkanes of at least 4 members (excludes halogenated alkanes) is 14. The Labute approximate surface area is 190 Å². The second kappa shape index (κ2) is 20.4. The maximum absolute atomic E-state index is 12.9. The van der Waals surface area contributed by atoms with Gasteiger partial charge in [0.25, 0.3) is 0 Å². The van der Waals surface area contributed by atoms with E-state index in [1.54, 1.807) is 0 Å². The van der Waals surface area contributed by atoms with Gasteiger partial charge in [0.15, 0.2) is 0 Å². The van der Waals surface area contributed by atoms with E-state index in [4.69, 9.17) is 4.74 Å². The molecule has 0 aliphatic carbocycles. The predicted octanol–water partition coefficient (Wildman–Crippen LogP) is 9.79. The molecular formula is C28H56O2. The van der Waals surface area contributed by atoms with E-state index in [0.717, 1.165) is 25.7 Å². The zero-order valence-electron chi connectivity index (χ0n) is 21.5. The molecule has 2 heteroatoms. The Balaban J connectivity index is 4.37. The smallest absolute Gasteiger partial charge is 0.311 e. The van der Waals surface area contributed by atoms with Crippen LogP contribution in [-0.2, 0) is 9.53 Å². The summed E-state index contributed by atoms with van der Waals surface area (Å²) in [6.07, 6.45) is 25.1. The van der Waals surface area contributed by atoms with E-state index < -0.39 is 0 Å². The lowest BCUT2D eigenvalue weighted by atomic mass is 9.86. The Kier molecular flexibility index (Phi) is 20.0. The Morgan fingerprint density at radius 2 is 0.967 bits per heavy atom. The first-order valence-corrected chi connectivity index (χ1v) is 13.7. The minimum absolute atomic E-state index is 0.0397. The summed E-state index contributed by atoms with van der Waals surface area (Å²) in [4.78, 5) is 12.9. The summed E-state index contributed by atoms with van der Waals surface area (Å²) >= 11 is 0. The fourth-order valence-electron chi connectivity index (χ4n) is 4.15. The van der Waals surface area contributed by atoms with Crippen LogP contribution in [0.25, 0.3) is 0 Å². The number of rotatable bonds is 22. The molecule has 0 aliphatic heterocycles. The summed E-state index contributed by atoms with van der Waals surface area (Å²) in [6.45, 7) is 10.9. The number of hydrogen-bond acceptors (Lipinski definition) is 2. The largest absolute Gasteiger partial charge is 0.462 e. The molecule has 1 atom stereocenters. The molecular weight excluding hydrogens is 368 g/mol. The summed E-state index contributed by atoms with van der Waals surface area (Å²) in [5, 5.41) is 0. The third-order valence-corrected chi connectivity index (χ3v) is 6.49. The van der Waals surface area contributed by atoms with Gasteiger partial charge in [-0.2, -0.15) is 0 Å². The van der Waals surface area contributed by atoms with Crippen LogP contribution in [0.3, 0.4) is 0 Å². The van der Waals surface area contributed by atoms with Gasteiger partial charge in [-0.25, -0.2) is 0 Å². The van der Waals surface area contributed by atoms with Gasteiger partial charge in [0.05, 0.1) is 5.41 Å². The van der Waals surface area contributed by atoms with Crippen molar-refractivity contribution in [2.24, 2.45) is 5.41 Å². The van der Waals surface area contributed by atoms with Gasteiger partial charge < -0.3 is 4.74 Å². The Morgan fingerprint density at radius 3 is 1.40 bits per heavy atom. The lowest BCUT2D eigenvalue weighted by Gasteiger charge is -2.27. The van der Waals surface area contributed by atoms with Gasteiger partial charge in [0.1, 0.15) is 6.10 Å². The van der Waals surface area contributed by atoms with Crippen molar-refractivity contribution in [1.82, 2.24) is 0 Å². The molecule has 1 unspecified atom stereocenters. The molecule has 0 fully saturated rings. The van der Waals surface area contributed by atoms with Crippen LogP contribution in [0, 0.1) is 5.41 Å². The SMILES string of the molecule is CCCCCCCCCC(CCCCCCCC)OC(=O)C(C)(C)CCCCCC. The molecule has 0 aromatic carbocycles. The van der Waals surface area contributed by atoms with Crippen LogP contribution in [-0.4, -0.2) is 12.1 Å². The highest BCUT2D eigenvalue weighted by atomic mass is 16.5. The topological polar surface area (TPSA) is 26.3 Å². The van der Waals surface area contributed by atoms with Crippen LogP contribution in [0.15, 0.2) is 0 Å². The molecule has 0 saturated heterocycles. The molecule has 0 N–H and O–H groups in total. The van der Waals surface area contributed by atoms with Gasteiger partial charge in [-0.1, -0.05) is 117 Å². The Bertz CT molecular complexity index is 375. The molecule has 0 heterocycles. The van der Waals surface area contributed by atoms with Crippen molar-refractivity contribution in [2.75, 3.05) is 0 Å². The number of esters is 1. The predicted molar refractivity (Wildman–Crippen MR) is 133 cm³/mol. The van der Waals surface area contributed by atoms with Gasteiger partial charge in [0.2, 0.25) is 0 Å². The van der Waals surface area contributed by atoms with Crippen molar-refractivity contribution in [3.8, 4) is 0 Å². The second-order valence-corrected chi connectivity index (χ2v) is 10.2. The minimum Gasteiger partial charge on any atom is -0.462 e. The van der Waals surface area contributed by atoms with E-state index in [1.165, 1.54) is 103 Å². The van der Waals surface area contributed by atoms with E-state index >= 15 is 0 Å². The number of carbonyl (C=O) groups excluding carboxylic acids is 1. The summed E-state index contributed by atoms with van der Waals surface area (Å²) in [5.41, 5.74) is -0.340. The lowest BCUT2D eigenvalue weighted by molar-refractivity contribution is -0.161. The quantitative estimate of drug-likeness (QED) is 0.128. The molecule has 180 valence electrons. The van der Waals surface area contributed by atoms with Crippen LogP contribution in [0.5, 0.6) is 0 Å². The molecule has 0 amide bonds. The maximum atomic E-state index is 12.9. The number of ether oxygens (including phenoxy) is 1. The average molecular weight is 425 g/mol. The Morgan fingerprint density at radius 1 is 0.600 bits per heavy atom. The third-order valence-electron chi connectivity index (χ3n) is 6.49. The third kappa shape index (κ3) is 17.2. The van der Waals surface area contributed by atoms with Crippen molar-refractivity contribution in [3.05, 3.63) is 0 Å². The van der Waals surface area contributed by atoms with Gasteiger partial charge in [-0.3, -0.25) is 4.79 Å². The molecule has 30 heavy (non-hydrogen) atoms. The highest BCUT2D eigenvalue weighted by Gasteiger charge is 2.30. The standard InChI is InChI=1S/C28H56O2/c1-6-9-12-15-17-19-21-24-26(23-20-18-16-13-10-7-2)30-27(29)28(4,5)25-22-14-11-8-3/h26H,6-25H2,1-5H3. The van der Waals surface area contributed by atoms with Gasteiger partial charge in [-0.05, 0) is 46.0 Å². The summed E-state index contributed by atoms with van der Waals surface area (Å²) in [6, 6.07) is 0. The second-order valence-electron chi connectivity index (χ2n) is 10.2. The van der Waals surface area contributed by atoms with Crippen molar-refractivity contribution >= 4 is 5.97 Å². The average Bonchev–Trinajstić information content (AvgIpc) is 2.72. The van der Waals surface area contributed by atoms with E-state index in [-0.39, 0.29) is 17.5 Å². The van der Waals surface area contributed by atoms with E-state index in [1.807, 2.05) is 0 Å². The molecule has 0 rings (SSSR count). The fourth-order valence-corrected chi connectivity index (χ4v) is 4.15. The first-order chi connectivity index (χ1) is 14.5. The monoisotopic (exact) mass is 424 g/mol. The van der Waals surface area contributed by atoms with E-state index in [2.05, 4.69) is 34.6 Å². The fraction of sp³-hybridized carbons (Fsp3) is 0.964. The molecule has 0 aliphatic rings.